The Hall–Kier alpha value is -2.89. The Morgan fingerprint density at radius 2 is 1.90 bits per heavy atom. The van der Waals surface area contributed by atoms with Gasteiger partial charge in [-0.15, -0.1) is 0 Å². The molecule has 0 spiro atoms. The molecule has 3 rings (SSSR count). The topological polar surface area (TPSA) is 62.7 Å². The van der Waals surface area contributed by atoms with Gasteiger partial charge in [0.1, 0.15) is 11.4 Å². The van der Waals surface area contributed by atoms with Crippen LogP contribution < -0.4 is 4.90 Å². The Morgan fingerprint density at radius 3 is 2.48 bits per heavy atom. The van der Waals surface area contributed by atoms with Gasteiger partial charge in [-0.2, -0.15) is 0 Å². The van der Waals surface area contributed by atoms with Gasteiger partial charge in [0, 0.05) is 24.8 Å². The van der Waals surface area contributed by atoms with Crippen LogP contribution in [0.5, 0.6) is 0 Å². The van der Waals surface area contributed by atoms with Crippen molar-refractivity contribution >= 4 is 17.8 Å². The summed E-state index contributed by atoms with van der Waals surface area (Å²) in [4.78, 5) is 33.3. The van der Waals surface area contributed by atoms with E-state index in [0.717, 1.165) is 24.9 Å². The third-order valence-corrected chi connectivity index (χ3v) is 4.90. The largest absolute Gasteiger partial charge is 0.443 e. The van der Waals surface area contributed by atoms with Crippen LogP contribution in [0.1, 0.15) is 62.5 Å². The van der Waals surface area contributed by atoms with Crippen molar-refractivity contribution in [3.63, 3.8) is 0 Å². The monoisotopic (exact) mass is 395 g/mol. The fourth-order valence-electron chi connectivity index (χ4n) is 3.56. The van der Waals surface area contributed by atoms with Crippen molar-refractivity contribution in [1.29, 1.82) is 0 Å². The van der Waals surface area contributed by atoms with Crippen molar-refractivity contribution < 1.29 is 14.3 Å². The Kier molecular flexibility index (Phi) is 6.20. The molecule has 29 heavy (non-hydrogen) atoms. The van der Waals surface area contributed by atoms with E-state index in [1.165, 1.54) is 4.90 Å². The predicted molar refractivity (Wildman–Crippen MR) is 113 cm³/mol. The predicted octanol–water partition coefficient (Wildman–Crippen LogP) is 4.82. The highest BCUT2D eigenvalue weighted by molar-refractivity contribution is 5.94. The van der Waals surface area contributed by atoms with Crippen LogP contribution in [-0.4, -0.2) is 40.6 Å². The highest BCUT2D eigenvalue weighted by Gasteiger charge is 2.31. The smallest absolute Gasteiger partial charge is 0.415 e. The first-order valence-electron chi connectivity index (χ1n) is 10.1. The van der Waals surface area contributed by atoms with Crippen LogP contribution in [-0.2, 0) is 4.74 Å². The molecule has 0 aliphatic carbocycles. The fourth-order valence-corrected chi connectivity index (χ4v) is 3.56. The average Bonchev–Trinajstić information content (AvgIpc) is 3.17. The number of hydrogen-bond acceptors (Lipinski definition) is 4. The molecular weight excluding hydrogens is 366 g/mol. The zero-order valence-corrected chi connectivity index (χ0v) is 17.6. The summed E-state index contributed by atoms with van der Waals surface area (Å²) in [6, 6.07) is 13.1. The lowest BCUT2D eigenvalue weighted by Gasteiger charge is -2.27. The molecule has 0 radical (unpaired) electrons. The number of amides is 2. The molecule has 0 N–H and O–H groups in total. The quantitative estimate of drug-likeness (QED) is 0.744. The minimum atomic E-state index is -0.563. The lowest BCUT2D eigenvalue weighted by atomic mass is 10.1. The van der Waals surface area contributed by atoms with Crippen LogP contribution in [0.3, 0.4) is 0 Å². The molecule has 6 nitrogen and oxygen atoms in total. The standard InChI is InChI=1S/C23H29N3O3/c1-5-25(22(28)29-23(2,3)4)20-14-13-18(16-24-20)19-12-9-15-26(19)21(27)17-10-7-6-8-11-17/h6-8,10-11,13-14,16,19H,5,9,12,15H2,1-4H3/t19-/m1/s1. The molecule has 1 saturated heterocycles. The second-order valence-electron chi connectivity index (χ2n) is 8.20. The summed E-state index contributed by atoms with van der Waals surface area (Å²) in [6.07, 6.45) is 3.22. The van der Waals surface area contributed by atoms with Crippen LogP contribution >= 0.6 is 0 Å². The molecule has 1 aliphatic heterocycles. The van der Waals surface area contributed by atoms with Crippen molar-refractivity contribution in [2.45, 2.75) is 52.2 Å². The van der Waals surface area contributed by atoms with Gasteiger partial charge in [-0.1, -0.05) is 24.3 Å². The van der Waals surface area contributed by atoms with Gasteiger partial charge in [0.15, 0.2) is 0 Å². The number of carbonyl (C=O) groups excluding carboxylic acids is 2. The number of pyridine rings is 1. The number of carbonyl (C=O) groups is 2. The molecule has 6 heteroatoms. The highest BCUT2D eigenvalue weighted by atomic mass is 16.6. The molecule has 1 aliphatic rings. The first kappa shape index (κ1) is 20.8. The SMILES string of the molecule is CCN(C(=O)OC(C)(C)C)c1ccc([C@H]2CCCN2C(=O)c2ccccc2)cn1. The molecule has 2 amide bonds. The maximum Gasteiger partial charge on any atom is 0.415 e. The number of nitrogens with zero attached hydrogens (tertiary/aromatic N) is 3. The first-order valence-corrected chi connectivity index (χ1v) is 10.1. The van der Waals surface area contributed by atoms with E-state index in [0.29, 0.717) is 17.9 Å². The fraction of sp³-hybridized carbons (Fsp3) is 0.435. The zero-order valence-electron chi connectivity index (χ0n) is 17.6. The van der Waals surface area contributed by atoms with Crippen molar-refractivity contribution in [1.82, 2.24) is 9.88 Å². The van der Waals surface area contributed by atoms with Gasteiger partial charge >= 0.3 is 6.09 Å². The van der Waals surface area contributed by atoms with Crippen molar-refractivity contribution in [3.05, 3.63) is 59.8 Å². The van der Waals surface area contributed by atoms with E-state index in [2.05, 4.69) is 4.98 Å². The maximum absolute atomic E-state index is 12.9. The molecule has 1 aromatic carbocycles. The number of anilines is 1. The van der Waals surface area contributed by atoms with Crippen molar-refractivity contribution in [2.75, 3.05) is 18.0 Å². The third-order valence-electron chi connectivity index (χ3n) is 4.90. The molecule has 0 unspecified atom stereocenters. The number of benzene rings is 1. The Balaban J connectivity index is 1.76. The van der Waals surface area contributed by atoms with E-state index in [4.69, 9.17) is 4.74 Å². The second kappa shape index (κ2) is 8.64. The summed E-state index contributed by atoms with van der Waals surface area (Å²) in [6.45, 7) is 8.61. The summed E-state index contributed by atoms with van der Waals surface area (Å²) in [5.74, 6) is 0.588. The molecular formula is C23H29N3O3. The van der Waals surface area contributed by atoms with Gasteiger partial charge in [-0.25, -0.2) is 9.78 Å². The van der Waals surface area contributed by atoms with Crippen molar-refractivity contribution in [3.8, 4) is 0 Å². The molecule has 0 saturated carbocycles. The summed E-state index contributed by atoms with van der Waals surface area (Å²) < 4.78 is 5.47. The molecule has 1 aromatic heterocycles. The van der Waals surface area contributed by atoms with Gasteiger partial charge < -0.3 is 9.64 Å². The van der Waals surface area contributed by atoms with Crippen molar-refractivity contribution in [2.24, 2.45) is 0 Å². The third kappa shape index (κ3) is 4.94. The molecule has 1 fully saturated rings. The number of ether oxygens (including phenoxy) is 1. The second-order valence-corrected chi connectivity index (χ2v) is 8.20. The molecule has 0 bridgehead atoms. The van der Waals surface area contributed by atoms with Crippen LogP contribution in [0.2, 0.25) is 0 Å². The summed E-state index contributed by atoms with van der Waals surface area (Å²) in [7, 11) is 0. The molecule has 154 valence electrons. The Bertz CT molecular complexity index is 844. The number of likely N-dealkylation sites (tertiary alicyclic amines) is 1. The van der Waals surface area contributed by atoms with Gasteiger partial charge in [0.05, 0.1) is 6.04 Å². The Morgan fingerprint density at radius 1 is 1.17 bits per heavy atom. The van der Waals surface area contributed by atoms with E-state index in [1.807, 2.05) is 75.1 Å². The number of hydrogen-bond donors (Lipinski definition) is 0. The molecule has 2 heterocycles. The van der Waals surface area contributed by atoms with Gasteiger partial charge in [0.2, 0.25) is 0 Å². The van der Waals surface area contributed by atoms with E-state index in [9.17, 15) is 9.59 Å². The van der Waals surface area contributed by atoms with Crippen LogP contribution in [0.15, 0.2) is 48.7 Å². The van der Waals surface area contributed by atoms with E-state index in [-0.39, 0.29) is 11.9 Å². The lowest BCUT2D eigenvalue weighted by molar-refractivity contribution is 0.0581. The lowest BCUT2D eigenvalue weighted by Crippen LogP contribution is -2.37. The van der Waals surface area contributed by atoms with Gasteiger partial charge in [0.25, 0.3) is 5.91 Å². The number of aromatic nitrogens is 1. The number of rotatable bonds is 4. The molecule has 2 aromatic rings. The van der Waals surface area contributed by atoms with Crippen LogP contribution in [0.25, 0.3) is 0 Å². The average molecular weight is 396 g/mol. The van der Waals surface area contributed by atoms with E-state index >= 15 is 0 Å². The minimum absolute atomic E-state index is 0.000796. The zero-order chi connectivity index (χ0) is 21.0. The first-order chi connectivity index (χ1) is 13.8. The van der Waals surface area contributed by atoms with E-state index < -0.39 is 11.7 Å². The van der Waals surface area contributed by atoms with E-state index in [1.54, 1.807) is 6.20 Å². The Labute approximate surface area is 172 Å². The highest BCUT2D eigenvalue weighted by Crippen LogP contribution is 2.33. The maximum atomic E-state index is 12.9. The minimum Gasteiger partial charge on any atom is -0.443 e. The van der Waals surface area contributed by atoms with Gasteiger partial charge in [-0.05, 0) is 64.3 Å². The van der Waals surface area contributed by atoms with Gasteiger partial charge in [-0.3, -0.25) is 9.69 Å². The normalized spacial score (nSPS) is 16.6. The van der Waals surface area contributed by atoms with Crippen LogP contribution in [0, 0.1) is 0 Å². The van der Waals surface area contributed by atoms with Crippen LogP contribution in [0.4, 0.5) is 10.6 Å². The summed E-state index contributed by atoms with van der Waals surface area (Å²) in [5, 5.41) is 0. The molecule has 1 atom stereocenters. The summed E-state index contributed by atoms with van der Waals surface area (Å²) >= 11 is 0. The summed E-state index contributed by atoms with van der Waals surface area (Å²) in [5.41, 5.74) is 1.12.